The molecule has 2 N–H and O–H groups in total. The van der Waals surface area contributed by atoms with Crippen LogP contribution in [0.5, 0.6) is 11.5 Å². The number of aliphatic carboxylic acids is 1. The molecule has 0 fully saturated rings. The predicted octanol–water partition coefficient (Wildman–Crippen LogP) is 5.97. The monoisotopic (exact) mass is 511 g/mol. The fraction of sp³-hybridized carbons (Fsp3) is 0.370. The second-order valence-electron chi connectivity index (χ2n) is 8.85. The number of imidazole rings is 1. The second kappa shape index (κ2) is 12.0. The summed E-state index contributed by atoms with van der Waals surface area (Å²) in [5, 5.41) is 12.3. The fourth-order valence-electron chi connectivity index (χ4n) is 3.54. The SMILES string of the molecule is CCCCCn1cc(C(=O)Nc2cc(OC)cc(OC)c2)nc1-c1ccc(SC(C)(C)C(=O)O)cc1. The largest absolute Gasteiger partial charge is 0.497 e. The number of anilines is 1. The molecule has 2 aromatic carbocycles. The van der Waals surface area contributed by atoms with Crippen LogP contribution in [0.2, 0.25) is 0 Å². The van der Waals surface area contributed by atoms with Crippen LogP contribution in [0.4, 0.5) is 5.69 Å². The number of aromatic nitrogens is 2. The summed E-state index contributed by atoms with van der Waals surface area (Å²) in [5.41, 5.74) is 1.69. The fourth-order valence-corrected chi connectivity index (χ4v) is 4.49. The van der Waals surface area contributed by atoms with Crippen molar-refractivity contribution in [3.63, 3.8) is 0 Å². The number of thioether (sulfide) groups is 1. The summed E-state index contributed by atoms with van der Waals surface area (Å²) in [7, 11) is 3.11. The Morgan fingerprint density at radius 2 is 1.69 bits per heavy atom. The zero-order chi connectivity index (χ0) is 26.3. The molecule has 192 valence electrons. The zero-order valence-corrected chi connectivity index (χ0v) is 22.1. The van der Waals surface area contributed by atoms with E-state index in [9.17, 15) is 14.7 Å². The number of nitrogens with zero attached hydrogens (tertiary/aromatic N) is 2. The number of hydrogen-bond donors (Lipinski definition) is 2. The van der Waals surface area contributed by atoms with Crippen molar-refractivity contribution in [2.24, 2.45) is 0 Å². The predicted molar refractivity (Wildman–Crippen MR) is 142 cm³/mol. The molecule has 0 saturated carbocycles. The Balaban J connectivity index is 1.87. The summed E-state index contributed by atoms with van der Waals surface area (Å²) < 4.78 is 11.6. The number of methoxy groups -OCH3 is 2. The van der Waals surface area contributed by atoms with Gasteiger partial charge in [0, 0.05) is 47.1 Å². The van der Waals surface area contributed by atoms with Crippen LogP contribution in [-0.2, 0) is 11.3 Å². The lowest BCUT2D eigenvalue weighted by atomic mass is 10.2. The van der Waals surface area contributed by atoms with Gasteiger partial charge in [-0.1, -0.05) is 31.9 Å². The number of carbonyl (C=O) groups is 2. The number of amides is 1. The average molecular weight is 512 g/mol. The molecular formula is C27H33N3O5S. The molecule has 3 aromatic rings. The summed E-state index contributed by atoms with van der Waals surface area (Å²) in [4.78, 5) is 30.1. The molecule has 0 bridgehead atoms. The van der Waals surface area contributed by atoms with Gasteiger partial charge in [0.05, 0.1) is 14.2 Å². The molecule has 8 nitrogen and oxygen atoms in total. The van der Waals surface area contributed by atoms with Gasteiger partial charge >= 0.3 is 5.97 Å². The number of ether oxygens (including phenoxy) is 2. The summed E-state index contributed by atoms with van der Waals surface area (Å²) in [6.07, 6.45) is 4.89. The van der Waals surface area contributed by atoms with Crippen LogP contribution < -0.4 is 14.8 Å². The molecule has 36 heavy (non-hydrogen) atoms. The van der Waals surface area contributed by atoms with Crippen molar-refractivity contribution in [1.29, 1.82) is 0 Å². The molecule has 0 aliphatic rings. The minimum atomic E-state index is -0.936. The maximum Gasteiger partial charge on any atom is 0.319 e. The average Bonchev–Trinajstić information content (AvgIpc) is 3.28. The van der Waals surface area contributed by atoms with Crippen molar-refractivity contribution in [3.8, 4) is 22.9 Å². The first-order chi connectivity index (χ1) is 17.2. The maximum atomic E-state index is 13.1. The van der Waals surface area contributed by atoms with Crippen LogP contribution >= 0.6 is 11.8 Å². The van der Waals surface area contributed by atoms with Crippen molar-refractivity contribution in [2.75, 3.05) is 19.5 Å². The van der Waals surface area contributed by atoms with Gasteiger partial charge in [-0.2, -0.15) is 0 Å². The third-order valence-corrected chi connectivity index (χ3v) is 6.81. The van der Waals surface area contributed by atoms with Crippen LogP contribution in [0.1, 0.15) is 50.5 Å². The van der Waals surface area contributed by atoms with E-state index in [0.717, 1.165) is 36.3 Å². The summed E-state index contributed by atoms with van der Waals surface area (Å²) >= 11 is 1.28. The van der Waals surface area contributed by atoms with E-state index in [-0.39, 0.29) is 5.91 Å². The number of unbranched alkanes of at least 4 members (excludes halogenated alkanes) is 2. The summed E-state index contributed by atoms with van der Waals surface area (Å²) in [6, 6.07) is 12.8. The lowest BCUT2D eigenvalue weighted by molar-refractivity contribution is -0.138. The lowest BCUT2D eigenvalue weighted by Crippen LogP contribution is -2.26. The Morgan fingerprint density at radius 1 is 1.06 bits per heavy atom. The number of aryl methyl sites for hydroxylation is 1. The molecule has 1 aromatic heterocycles. The standard InChI is InChI=1S/C27H33N3O5S/c1-6-7-8-13-30-17-23(25(31)28-19-14-20(34-4)16-21(15-19)35-5)29-24(30)18-9-11-22(12-10-18)36-27(2,3)26(32)33/h9-12,14-17H,6-8,13H2,1-5H3,(H,28,31)(H,32,33). The van der Waals surface area contributed by atoms with Crippen molar-refractivity contribution in [2.45, 2.75) is 56.2 Å². The topological polar surface area (TPSA) is 103 Å². The Hall–Kier alpha value is -3.46. The quantitative estimate of drug-likeness (QED) is 0.228. The van der Waals surface area contributed by atoms with E-state index in [4.69, 9.17) is 9.47 Å². The smallest absolute Gasteiger partial charge is 0.319 e. The van der Waals surface area contributed by atoms with E-state index in [0.29, 0.717) is 28.7 Å². The first-order valence-corrected chi connectivity index (χ1v) is 12.6. The van der Waals surface area contributed by atoms with Gasteiger partial charge in [-0.25, -0.2) is 4.98 Å². The van der Waals surface area contributed by atoms with Crippen molar-refractivity contribution in [1.82, 2.24) is 9.55 Å². The Labute approximate surface area is 216 Å². The molecule has 1 heterocycles. The van der Waals surface area contributed by atoms with E-state index in [1.54, 1.807) is 52.5 Å². The van der Waals surface area contributed by atoms with Gasteiger partial charge in [0.25, 0.3) is 5.91 Å². The van der Waals surface area contributed by atoms with Gasteiger partial charge in [0.15, 0.2) is 0 Å². The van der Waals surface area contributed by atoms with Crippen LogP contribution in [0, 0.1) is 0 Å². The van der Waals surface area contributed by atoms with E-state index in [1.807, 2.05) is 28.8 Å². The Morgan fingerprint density at radius 3 is 2.25 bits per heavy atom. The van der Waals surface area contributed by atoms with Gasteiger partial charge in [-0.05, 0) is 32.4 Å². The number of carbonyl (C=O) groups excluding carboxylic acids is 1. The third kappa shape index (κ3) is 6.81. The van der Waals surface area contributed by atoms with Crippen molar-refractivity contribution >= 4 is 29.3 Å². The van der Waals surface area contributed by atoms with Crippen molar-refractivity contribution < 1.29 is 24.2 Å². The van der Waals surface area contributed by atoms with Gasteiger partial charge in [0.1, 0.15) is 27.8 Å². The molecule has 0 spiro atoms. The van der Waals surface area contributed by atoms with Crippen LogP contribution in [0.15, 0.2) is 53.6 Å². The highest BCUT2D eigenvalue weighted by Gasteiger charge is 2.28. The highest BCUT2D eigenvalue weighted by Crippen LogP contribution is 2.34. The van der Waals surface area contributed by atoms with E-state index < -0.39 is 10.7 Å². The van der Waals surface area contributed by atoms with Crippen LogP contribution in [-0.4, -0.2) is 45.5 Å². The molecule has 9 heteroatoms. The van der Waals surface area contributed by atoms with E-state index in [1.165, 1.54) is 11.8 Å². The summed E-state index contributed by atoms with van der Waals surface area (Å²) in [6.45, 7) is 6.23. The molecule has 0 aliphatic heterocycles. The third-order valence-electron chi connectivity index (χ3n) is 5.62. The maximum absolute atomic E-state index is 13.1. The lowest BCUT2D eigenvalue weighted by Gasteiger charge is -2.18. The normalized spacial score (nSPS) is 11.2. The van der Waals surface area contributed by atoms with E-state index >= 15 is 0 Å². The molecular weight excluding hydrogens is 478 g/mol. The molecule has 0 atom stereocenters. The zero-order valence-electron chi connectivity index (χ0n) is 21.3. The number of benzene rings is 2. The minimum absolute atomic E-state index is 0.300. The van der Waals surface area contributed by atoms with Crippen molar-refractivity contribution in [3.05, 3.63) is 54.4 Å². The molecule has 1 amide bonds. The number of carboxylic acids is 1. The molecule has 3 rings (SSSR count). The Bertz CT molecular complexity index is 1180. The number of nitrogens with one attached hydrogen (secondary N) is 1. The first kappa shape index (κ1) is 27.1. The Kier molecular flexibility index (Phi) is 9.03. The molecule has 0 saturated heterocycles. The number of carboxylic acid groups (broad SMARTS) is 1. The first-order valence-electron chi connectivity index (χ1n) is 11.8. The van der Waals surface area contributed by atoms with Gasteiger partial charge < -0.3 is 24.5 Å². The molecule has 0 aliphatic carbocycles. The van der Waals surface area contributed by atoms with E-state index in [2.05, 4.69) is 17.2 Å². The highest BCUT2D eigenvalue weighted by atomic mass is 32.2. The van der Waals surface area contributed by atoms with Crippen LogP contribution in [0.3, 0.4) is 0 Å². The minimum Gasteiger partial charge on any atom is -0.497 e. The number of hydrogen-bond acceptors (Lipinski definition) is 6. The molecule has 0 radical (unpaired) electrons. The van der Waals surface area contributed by atoms with Gasteiger partial charge in [0.2, 0.25) is 0 Å². The highest BCUT2D eigenvalue weighted by molar-refractivity contribution is 8.01. The number of rotatable bonds is 12. The van der Waals surface area contributed by atoms with Gasteiger partial charge in [-0.3, -0.25) is 9.59 Å². The van der Waals surface area contributed by atoms with Crippen LogP contribution in [0.25, 0.3) is 11.4 Å². The molecule has 0 unspecified atom stereocenters. The van der Waals surface area contributed by atoms with Gasteiger partial charge in [-0.15, -0.1) is 11.8 Å². The summed E-state index contributed by atoms with van der Waals surface area (Å²) in [5.74, 6) is 0.621. The second-order valence-corrected chi connectivity index (χ2v) is 10.5.